The van der Waals surface area contributed by atoms with Gasteiger partial charge in [-0.05, 0) is 0 Å². The molecular weight excluding hydrogens is 146 g/mol. The number of hydrogen-bond acceptors (Lipinski definition) is 3. The first-order valence-corrected chi connectivity index (χ1v) is 4.28. The highest BCUT2D eigenvalue weighted by molar-refractivity contribution is 8.00. The Morgan fingerprint density at radius 1 is 1.50 bits per heavy atom. The normalized spacial score (nSPS) is 15.8. The number of nitrogens with zero attached hydrogens (tertiary/aromatic N) is 1. The fourth-order valence-electron chi connectivity index (χ4n) is 0.616. The lowest BCUT2D eigenvalue weighted by molar-refractivity contribution is 0.300. The van der Waals surface area contributed by atoms with Crippen LogP contribution in [0.1, 0.15) is 20.3 Å². The van der Waals surface area contributed by atoms with Crippen LogP contribution in [0.2, 0.25) is 0 Å². The van der Waals surface area contributed by atoms with Gasteiger partial charge in [-0.2, -0.15) is 17.0 Å². The summed E-state index contributed by atoms with van der Waals surface area (Å²) >= 11 is 1.65. The zero-order valence-electron chi connectivity index (χ0n) is 6.37. The van der Waals surface area contributed by atoms with E-state index in [-0.39, 0.29) is 11.9 Å². The third-order valence-electron chi connectivity index (χ3n) is 1.10. The number of hydrogen-bond donors (Lipinski definition) is 1. The summed E-state index contributed by atoms with van der Waals surface area (Å²) in [5.74, 6) is 0. The second-order valence-corrected chi connectivity index (χ2v) is 4.18. The van der Waals surface area contributed by atoms with Crippen LogP contribution in [0.5, 0.6) is 0 Å². The second kappa shape index (κ2) is 5.57. The van der Waals surface area contributed by atoms with Crippen molar-refractivity contribution in [1.82, 2.24) is 0 Å². The van der Waals surface area contributed by atoms with E-state index in [1.54, 1.807) is 11.8 Å². The number of nitriles is 1. The molecule has 0 saturated heterocycles. The van der Waals surface area contributed by atoms with E-state index >= 15 is 0 Å². The maximum Gasteiger partial charge on any atom is 0.0633 e. The van der Waals surface area contributed by atoms with Crippen LogP contribution >= 0.6 is 11.8 Å². The Kier molecular flexibility index (Phi) is 5.46. The van der Waals surface area contributed by atoms with E-state index in [1.807, 2.05) is 13.8 Å². The summed E-state index contributed by atoms with van der Waals surface area (Å²) in [6.45, 7) is 4.15. The third-order valence-corrected chi connectivity index (χ3v) is 2.35. The van der Waals surface area contributed by atoms with Crippen molar-refractivity contribution in [2.24, 2.45) is 0 Å². The Morgan fingerprint density at radius 3 is 2.50 bits per heavy atom. The summed E-state index contributed by atoms with van der Waals surface area (Å²) in [5, 5.41) is 17.5. The van der Waals surface area contributed by atoms with Gasteiger partial charge in [0.1, 0.15) is 0 Å². The molecule has 0 aliphatic heterocycles. The molecule has 2 unspecified atom stereocenters. The van der Waals surface area contributed by atoms with Gasteiger partial charge in [-0.25, -0.2) is 0 Å². The van der Waals surface area contributed by atoms with Crippen LogP contribution in [0, 0.1) is 11.3 Å². The third kappa shape index (κ3) is 4.66. The van der Waals surface area contributed by atoms with Crippen LogP contribution < -0.4 is 0 Å². The van der Waals surface area contributed by atoms with Gasteiger partial charge in [-0.1, -0.05) is 13.8 Å². The van der Waals surface area contributed by atoms with Gasteiger partial charge in [0, 0.05) is 16.9 Å². The summed E-state index contributed by atoms with van der Waals surface area (Å²) < 4.78 is 0. The van der Waals surface area contributed by atoms with Crippen LogP contribution in [-0.4, -0.2) is 22.2 Å². The highest BCUT2D eigenvalue weighted by atomic mass is 32.2. The van der Waals surface area contributed by atoms with E-state index in [1.165, 1.54) is 0 Å². The second-order valence-electron chi connectivity index (χ2n) is 2.30. The van der Waals surface area contributed by atoms with Gasteiger partial charge >= 0.3 is 0 Å². The summed E-state index contributed by atoms with van der Waals surface area (Å²) in [6.07, 6.45) is 0.564. The summed E-state index contributed by atoms with van der Waals surface area (Å²) in [6, 6.07) is 2.09. The molecule has 0 amide bonds. The van der Waals surface area contributed by atoms with Crippen molar-refractivity contribution in [2.75, 3.05) is 6.61 Å². The first-order chi connectivity index (χ1) is 4.70. The maximum absolute atomic E-state index is 8.65. The molecule has 2 atom stereocenters. The Labute approximate surface area is 66.2 Å². The molecule has 0 fully saturated rings. The maximum atomic E-state index is 8.65. The monoisotopic (exact) mass is 159 g/mol. The van der Waals surface area contributed by atoms with Gasteiger partial charge < -0.3 is 5.11 Å². The quantitative estimate of drug-likeness (QED) is 0.674. The van der Waals surface area contributed by atoms with Gasteiger partial charge in [0.15, 0.2) is 0 Å². The van der Waals surface area contributed by atoms with Crippen molar-refractivity contribution in [3.8, 4) is 6.07 Å². The van der Waals surface area contributed by atoms with Crippen LogP contribution in [0.15, 0.2) is 0 Å². The lowest BCUT2D eigenvalue weighted by Gasteiger charge is -2.11. The molecule has 0 aromatic heterocycles. The lowest BCUT2D eigenvalue weighted by Crippen LogP contribution is -2.07. The molecule has 0 spiro atoms. The minimum absolute atomic E-state index is 0.195. The van der Waals surface area contributed by atoms with Crippen molar-refractivity contribution in [3.05, 3.63) is 0 Å². The van der Waals surface area contributed by atoms with Gasteiger partial charge in [0.2, 0.25) is 0 Å². The van der Waals surface area contributed by atoms with E-state index < -0.39 is 0 Å². The fraction of sp³-hybridized carbons (Fsp3) is 0.857. The van der Waals surface area contributed by atoms with Crippen molar-refractivity contribution in [2.45, 2.75) is 30.8 Å². The highest BCUT2D eigenvalue weighted by Crippen LogP contribution is 2.18. The molecule has 58 valence electrons. The van der Waals surface area contributed by atoms with Crippen LogP contribution in [-0.2, 0) is 0 Å². The van der Waals surface area contributed by atoms with E-state index in [4.69, 9.17) is 10.4 Å². The molecule has 0 radical (unpaired) electrons. The van der Waals surface area contributed by atoms with E-state index in [2.05, 4.69) is 6.07 Å². The summed E-state index contributed by atoms with van der Waals surface area (Å²) in [5.41, 5.74) is 0. The minimum Gasteiger partial charge on any atom is -0.395 e. The van der Waals surface area contributed by atoms with E-state index in [0.29, 0.717) is 11.7 Å². The largest absolute Gasteiger partial charge is 0.395 e. The van der Waals surface area contributed by atoms with Crippen molar-refractivity contribution in [3.63, 3.8) is 0 Å². The summed E-state index contributed by atoms with van der Waals surface area (Å²) in [7, 11) is 0. The smallest absolute Gasteiger partial charge is 0.0633 e. The van der Waals surface area contributed by atoms with Crippen LogP contribution in [0.25, 0.3) is 0 Å². The van der Waals surface area contributed by atoms with Crippen molar-refractivity contribution in [1.29, 1.82) is 5.26 Å². The predicted molar refractivity (Wildman–Crippen MR) is 43.8 cm³/mol. The molecule has 1 N–H and O–H groups in total. The number of rotatable bonds is 4. The van der Waals surface area contributed by atoms with Crippen molar-refractivity contribution < 1.29 is 5.11 Å². The van der Waals surface area contributed by atoms with Crippen molar-refractivity contribution >= 4 is 11.8 Å². The van der Waals surface area contributed by atoms with Crippen LogP contribution in [0.4, 0.5) is 0 Å². The molecule has 0 aromatic carbocycles. The topological polar surface area (TPSA) is 44.0 Å². The minimum atomic E-state index is 0.195. The zero-order chi connectivity index (χ0) is 7.98. The Morgan fingerprint density at radius 2 is 2.10 bits per heavy atom. The molecular formula is C7H13NOS. The molecule has 0 aromatic rings. The average Bonchev–Trinajstić information content (AvgIpc) is 1.88. The Bertz CT molecular complexity index is 121. The molecule has 3 heteroatoms. The Hall–Kier alpha value is -0.200. The standard InChI is InChI=1S/C7H13NOS/c1-6(3-4-8)10-7(2)5-9/h6-7,9H,3,5H2,1-2H3. The zero-order valence-corrected chi connectivity index (χ0v) is 7.19. The van der Waals surface area contributed by atoms with E-state index in [9.17, 15) is 0 Å². The number of thioether (sulfide) groups is 1. The van der Waals surface area contributed by atoms with Gasteiger partial charge in [0.05, 0.1) is 12.7 Å². The summed E-state index contributed by atoms with van der Waals surface area (Å²) in [4.78, 5) is 0. The molecule has 0 rings (SSSR count). The van der Waals surface area contributed by atoms with Gasteiger partial charge in [-0.3, -0.25) is 0 Å². The predicted octanol–water partition coefficient (Wildman–Crippen LogP) is 1.40. The number of aliphatic hydroxyl groups excluding tert-OH is 1. The molecule has 10 heavy (non-hydrogen) atoms. The van der Waals surface area contributed by atoms with E-state index in [0.717, 1.165) is 0 Å². The Balaban J connectivity index is 3.38. The molecule has 0 saturated carbocycles. The molecule has 0 heterocycles. The highest BCUT2D eigenvalue weighted by Gasteiger charge is 2.06. The number of aliphatic hydroxyl groups is 1. The SMILES string of the molecule is CC(CO)SC(C)CC#N. The molecule has 2 nitrogen and oxygen atoms in total. The average molecular weight is 159 g/mol. The first-order valence-electron chi connectivity index (χ1n) is 3.34. The molecule has 0 aliphatic rings. The van der Waals surface area contributed by atoms with Crippen LogP contribution in [0.3, 0.4) is 0 Å². The molecule has 0 bridgehead atoms. The molecule has 0 aliphatic carbocycles. The van der Waals surface area contributed by atoms with Gasteiger partial charge in [-0.15, -0.1) is 0 Å². The lowest BCUT2D eigenvalue weighted by atomic mass is 10.4. The van der Waals surface area contributed by atoms with Gasteiger partial charge in [0.25, 0.3) is 0 Å². The fourth-order valence-corrected chi connectivity index (χ4v) is 1.67. The first kappa shape index (κ1) is 9.80.